The number of aromatic nitrogens is 4. The number of Topliss-reactive ketones (excluding diaryl/α,β-unsaturated/α-hetero) is 1. The van der Waals surface area contributed by atoms with Crippen molar-refractivity contribution in [2.75, 3.05) is 7.05 Å². The van der Waals surface area contributed by atoms with Crippen LogP contribution >= 0.6 is 0 Å². The molecule has 0 saturated heterocycles. The van der Waals surface area contributed by atoms with Crippen molar-refractivity contribution in [1.29, 1.82) is 0 Å². The van der Waals surface area contributed by atoms with Gasteiger partial charge in [0.25, 0.3) is 5.88 Å². The van der Waals surface area contributed by atoms with E-state index in [1.807, 2.05) is 0 Å². The summed E-state index contributed by atoms with van der Waals surface area (Å²) in [6, 6.07) is 0.224. The molecule has 0 aliphatic heterocycles. The molecule has 0 unspecified atom stereocenters. The lowest BCUT2D eigenvalue weighted by Crippen LogP contribution is -2.35. The van der Waals surface area contributed by atoms with Crippen LogP contribution in [0.4, 0.5) is 4.79 Å². The number of nitrogens with zero attached hydrogens (tertiary/aromatic N) is 4. The van der Waals surface area contributed by atoms with Crippen molar-refractivity contribution < 1.29 is 19.1 Å². The van der Waals surface area contributed by atoms with E-state index in [1.54, 1.807) is 36.8 Å². The van der Waals surface area contributed by atoms with Crippen LogP contribution in [-0.2, 0) is 23.2 Å². The largest absolute Gasteiger partial charge is 0.470 e. The second-order valence-corrected chi connectivity index (χ2v) is 9.38. The van der Waals surface area contributed by atoms with Gasteiger partial charge in [-0.05, 0) is 45.4 Å². The van der Waals surface area contributed by atoms with Crippen molar-refractivity contribution in [2.45, 2.75) is 77.0 Å². The number of aromatic amines is 1. The standard InChI is InChI=1S/C24H33N5O5/c1-15(30)16-7-6-10-18(11-16)34-23-22(31)27-20(13-25-23)19-12-26-29(3)21(19)14-33-24(32)28(2)17-8-4-5-9-17/h12-13,16-18H,4-11,14H2,1-3H3,(H,27,31)/t16-,18-/m0/s1. The Kier molecular flexibility index (Phi) is 7.33. The summed E-state index contributed by atoms with van der Waals surface area (Å²) in [6.07, 6.45) is 9.97. The molecule has 0 spiro atoms. The van der Waals surface area contributed by atoms with Crippen molar-refractivity contribution >= 4 is 11.9 Å². The Hall–Kier alpha value is -3.17. The zero-order valence-corrected chi connectivity index (χ0v) is 20.1. The first-order chi connectivity index (χ1) is 16.3. The number of rotatable bonds is 7. The van der Waals surface area contributed by atoms with Crippen LogP contribution in [-0.4, -0.2) is 55.7 Å². The number of ketones is 1. The summed E-state index contributed by atoms with van der Waals surface area (Å²) in [4.78, 5) is 45.6. The molecule has 0 aromatic carbocycles. The Morgan fingerprint density at radius 2 is 1.94 bits per heavy atom. The number of amides is 1. The first kappa shape index (κ1) is 24.0. The number of H-pyrrole nitrogens is 1. The van der Waals surface area contributed by atoms with Crippen LogP contribution in [0.25, 0.3) is 11.3 Å². The maximum Gasteiger partial charge on any atom is 0.410 e. The van der Waals surface area contributed by atoms with Gasteiger partial charge in [0.15, 0.2) is 0 Å². The predicted octanol–water partition coefficient (Wildman–Crippen LogP) is 3.21. The van der Waals surface area contributed by atoms with Gasteiger partial charge in [-0.15, -0.1) is 0 Å². The predicted molar refractivity (Wildman–Crippen MR) is 124 cm³/mol. The van der Waals surface area contributed by atoms with Crippen LogP contribution in [0.5, 0.6) is 5.88 Å². The van der Waals surface area contributed by atoms with Crippen LogP contribution in [0, 0.1) is 5.92 Å². The zero-order chi connectivity index (χ0) is 24.2. The molecule has 0 radical (unpaired) electrons. The summed E-state index contributed by atoms with van der Waals surface area (Å²) in [5, 5.41) is 4.26. The highest BCUT2D eigenvalue weighted by Crippen LogP contribution is 2.28. The third kappa shape index (κ3) is 5.31. The van der Waals surface area contributed by atoms with Gasteiger partial charge in [0.2, 0.25) is 0 Å². The number of hydrogen-bond donors (Lipinski definition) is 1. The smallest absolute Gasteiger partial charge is 0.410 e. The molecule has 1 N–H and O–H groups in total. The highest BCUT2D eigenvalue weighted by atomic mass is 16.6. The van der Waals surface area contributed by atoms with E-state index >= 15 is 0 Å². The van der Waals surface area contributed by atoms with E-state index in [2.05, 4.69) is 15.1 Å². The first-order valence-corrected chi connectivity index (χ1v) is 12.0. The van der Waals surface area contributed by atoms with Crippen molar-refractivity contribution in [3.63, 3.8) is 0 Å². The van der Waals surface area contributed by atoms with Crippen molar-refractivity contribution in [1.82, 2.24) is 24.6 Å². The number of hydrogen-bond acceptors (Lipinski definition) is 7. The average Bonchev–Trinajstić information content (AvgIpc) is 3.48. The van der Waals surface area contributed by atoms with Gasteiger partial charge in [-0.25, -0.2) is 9.78 Å². The zero-order valence-electron chi connectivity index (χ0n) is 20.1. The van der Waals surface area contributed by atoms with Gasteiger partial charge >= 0.3 is 11.7 Å². The molecular weight excluding hydrogens is 438 g/mol. The van der Waals surface area contributed by atoms with Crippen molar-refractivity contribution in [3.05, 3.63) is 28.4 Å². The molecule has 2 heterocycles. The lowest BCUT2D eigenvalue weighted by atomic mass is 9.85. The lowest BCUT2D eigenvalue weighted by molar-refractivity contribution is -0.122. The van der Waals surface area contributed by atoms with E-state index in [9.17, 15) is 14.4 Å². The Balaban J connectivity index is 1.43. The van der Waals surface area contributed by atoms with E-state index in [0.29, 0.717) is 23.4 Å². The molecule has 1 amide bonds. The van der Waals surface area contributed by atoms with E-state index in [-0.39, 0.29) is 42.4 Å². The molecule has 10 heteroatoms. The van der Waals surface area contributed by atoms with Crippen LogP contribution in [0.1, 0.15) is 64.0 Å². The minimum Gasteiger partial charge on any atom is -0.470 e. The van der Waals surface area contributed by atoms with Crippen LogP contribution in [0.15, 0.2) is 17.2 Å². The van der Waals surface area contributed by atoms with Gasteiger partial charge < -0.3 is 19.4 Å². The Labute approximate surface area is 198 Å². The molecule has 2 aliphatic carbocycles. The summed E-state index contributed by atoms with van der Waals surface area (Å²) in [5.41, 5.74) is 1.29. The average molecular weight is 472 g/mol. The van der Waals surface area contributed by atoms with Gasteiger partial charge in [-0.1, -0.05) is 12.8 Å². The number of nitrogens with one attached hydrogen (secondary N) is 1. The van der Waals surface area contributed by atoms with E-state index in [1.165, 1.54) is 6.20 Å². The van der Waals surface area contributed by atoms with Gasteiger partial charge in [-0.3, -0.25) is 14.3 Å². The minimum atomic E-state index is -0.449. The molecule has 184 valence electrons. The van der Waals surface area contributed by atoms with E-state index in [4.69, 9.17) is 9.47 Å². The fraction of sp³-hybridized carbons (Fsp3) is 0.625. The highest BCUT2D eigenvalue weighted by Gasteiger charge is 2.28. The molecular formula is C24H33N5O5. The third-order valence-corrected chi connectivity index (χ3v) is 7.08. The van der Waals surface area contributed by atoms with Crippen LogP contribution in [0.3, 0.4) is 0 Å². The third-order valence-electron chi connectivity index (χ3n) is 7.08. The molecule has 10 nitrogen and oxygen atoms in total. The van der Waals surface area contributed by atoms with E-state index in [0.717, 1.165) is 44.9 Å². The second-order valence-electron chi connectivity index (χ2n) is 9.38. The number of carbonyl (C=O) groups is 2. The number of carbonyl (C=O) groups excluding carboxylic acids is 2. The minimum absolute atomic E-state index is 0.00647. The van der Waals surface area contributed by atoms with Crippen molar-refractivity contribution in [2.24, 2.45) is 13.0 Å². The maximum absolute atomic E-state index is 12.7. The second kappa shape index (κ2) is 10.4. The Morgan fingerprint density at radius 1 is 1.18 bits per heavy atom. The first-order valence-electron chi connectivity index (χ1n) is 12.0. The van der Waals surface area contributed by atoms with Gasteiger partial charge in [0.05, 0.1) is 23.8 Å². The SMILES string of the molecule is CC(=O)[C@H]1CCC[C@H](Oc2ncc(-c3cnn(C)c3COC(=O)N(C)C3CCCC3)[nH]c2=O)C1. The fourth-order valence-corrected chi connectivity index (χ4v) is 4.92. The summed E-state index contributed by atoms with van der Waals surface area (Å²) in [5.74, 6) is 0.128. The van der Waals surface area contributed by atoms with Crippen LogP contribution in [0.2, 0.25) is 0 Å². The Morgan fingerprint density at radius 3 is 2.65 bits per heavy atom. The van der Waals surface area contributed by atoms with E-state index < -0.39 is 5.56 Å². The van der Waals surface area contributed by atoms with Gasteiger partial charge in [-0.2, -0.15) is 5.10 Å². The van der Waals surface area contributed by atoms with Gasteiger partial charge in [0, 0.05) is 31.6 Å². The molecule has 0 bridgehead atoms. The summed E-state index contributed by atoms with van der Waals surface area (Å²) < 4.78 is 13.0. The summed E-state index contributed by atoms with van der Waals surface area (Å²) in [6.45, 7) is 1.62. The molecule has 2 fully saturated rings. The molecule has 2 aliphatic rings. The topological polar surface area (TPSA) is 119 Å². The number of aryl methyl sites for hydroxylation is 1. The lowest BCUT2D eigenvalue weighted by Gasteiger charge is -2.27. The highest BCUT2D eigenvalue weighted by molar-refractivity contribution is 5.78. The molecule has 2 saturated carbocycles. The maximum atomic E-state index is 12.7. The molecule has 4 rings (SSSR count). The van der Waals surface area contributed by atoms with Crippen molar-refractivity contribution in [3.8, 4) is 17.1 Å². The molecule has 2 atom stereocenters. The monoisotopic (exact) mass is 471 g/mol. The Bertz CT molecular complexity index is 1090. The molecule has 34 heavy (non-hydrogen) atoms. The normalized spacial score (nSPS) is 20.8. The van der Waals surface area contributed by atoms with Gasteiger partial charge in [0.1, 0.15) is 18.5 Å². The fourth-order valence-electron chi connectivity index (χ4n) is 4.92. The number of ether oxygens (including phenoxy) is 2. The molecule has 2 aromatic heterocycles. The summed E-state index contributed by atoms with van der Waals surface area (Å²) >= 11 is 0. The summed E-state index contributed by atoms with van der Waals surface area (Å²) in [7, 11) is 3.53. The van der Waals surface area contributed by atoms with Crippen LogP contribution < -0.4 is 10.3 Å². The molecule has 2 aromatic rings. The quantitative estimate of drug-likeness (QED) is 0.658.